The van der Waals surface area contributed by atoms with Gasteiger partial charge < -0.3 is 15.0 Å². The van der Waals surface area contributed by atoms with Crippen LogP contribution in [0.1, 0.15) is 63.6 Å². The van der Waals surface area contributed by atoms with E-state index in [0.29, 0.717) is 22.3 Å². The third kappa shape index (κ3) is 6.44. The van der Waals surface area contributed by atoms with Crippen molar-refractivity contribution in [3.05, 3.63) is 45.6 Å². The number of carbonyl (C=O) groups is 3. The fourth-order valence-corrected chi connectivity index (χ4v) is 4.17. The molecular formula is C25H31Cl2N5O4. The monoisotopic (exact) mass is 535 g/mol. The lowest BCUT2D eigenvalue weighted by molar-refractivity contribution is -0.123. The van der Waals surface area contributed by atoms with Crippen molar-refractivity contribution in [2.75, 3.05) is 29.4 Å². The molecule has 1 unspecified atom stereocenters. The van der Waals surface area contributed by atoms with Crippen molar-refractivity contribution in [1.82, 2.24) is 15.5 Å². The maximum atomic E-state index is 12.9. The normalized spacial score (nSPS) is 14.4. The van der Waals surface area contributed by atoms with Crippen LogP contribution < -0.4 is 15.1 Å². The molecule has 0 radical (unpaired) electrons. The number of hydrogen-bond acceptors (Lipinski definition) is 7. The number of ether oxygens (including phenoxy) is 1. The highest BCUT2D eigenvalue weighted by molar-refractivity contribution is 6.33. The van der Waals surface area contributed by atoms with Gasteiger partial charge in [-0.2, -0.15) is 0 Å². The van der Waals surface area contributed by atoms with Gasteiger partial charge in [-0.1, -0.05) is 37.0 Å². The van der Waals surface area contributed by atoms with Crippen LogP contribution in [0.2, 0.25) is 10.0 Å². The Morgan fingerprint density at radius 3 is 2.42 bits per heavy atom. The summed E-state index contributed by atoms with van der Waals surface area (Å²) in [6.45, 7) is 11.3. The number of Topliss-reactive ketones (excluding diaryl/α,β-unsaturated/α-hetero) is 1. The Bertz CT molecular complexity index is 1170. The van der Waals surface area contributed by atoms with Crippen molar-refractivity contribution < 1.29 is 19.1 Å². The molecule has 2 amide bonds. The number of fused-ring (bicyclic) bond motifs is 1. The van der Waals surface area contributed by atoms with Crippen LogP contribution in [-0.4, -0.2) is 53.2 Å². The topological polar surface area (TPSA) is 105 Å². The average molecular weight is 536 g/mol. The molecule has 1 atom stereocenters. The summed E-state index contributed by atoms with van der Waals surface area (Å²) in [6, 6.07) is 6.55. The van der Waals surface area contributed by atoms with Crippen LogP contribution in [0.5, 0.6) is 0 Å². The zero-order chi connectivity index (χ0) is 26.8. The Kier molecular flexibility index (Phi) is 8.46. The summed E-state index contributed by atoms with van der Waals surface area (Å²) < 4.78 is 5.56. The number of halogens is 2. The van der Waals surface area contributed by atoms with E-state index in [4.69, 9.17) is 27.9 Å². The lowest BCUT2D eigenvalue weighted by Crippen LogP contribution is -2.47. The second-order valence-corrected chi connectivity index (χ2v) is 10.7. The third-order valence-electron chi connectivity index (χ3n) is 5.61. The second kappa shape index (κ2) is 11.0. The molecule has 1 aromatic heterocycles. The number of carbonyl (C=O) groups excluding carboxylic acids is 3. The maximum Gasteiger partial charge on any atom is 0.416 e. The Morgan fingerprint density at radius 1 is 1.08 bits per heavy atom. The fraction of sp³-hybridized carbons (Fsp3) is 0.480. The molecule has 2 aromatic rings. The molecule has 9 nitrogen and oxygen atoms in total. The molecule has 1 aliphatic heterocycles. The van der Waals surface area contributed by atoms with Crippen LogP contribution in [0.3, 0.4) is 0 Å². The molecule has 36 heavy (non-hydrogen) atoms. The van der Waals surface area contributed by atoms with Crippen LogP contribution in [-0.2, 0) is 9.53 Å². The smallest absolute Gasteiger partial charge is 0.416 e. The van der Waals surface area contributed by atoms with E-state index < -0.39 is 17.5 Å². The molecule has 0 saturated heterocycles. The van der Waals surface area contributed by atoms with Gasteiger partial charge >= 0.3 is 6.09 Å². The molecule has 0 aliphatic carbocycles. The largest absolute Gasteiger partial charge is 0.443 e. The van der Waals surface area contributed by atoms with E-state index in [2.05, 4.69) is 15.5 Å². The first kappa shape index (κ1) is 27.7. The van der Waals surface area contributed by atoms with Crippen LogP contribution in [0.25, 0.3) is 0 Å². The Balaban J connectivity index is 2.00. The fourth-order valence-electron chi connectivity index (χ4n) is 3.71. The lowest BCUT2D eigenvalue weighted by atomic mass is 10.0. The first-order valence-corrected chi connectivity index (χ1v) is 12.4. The van der Waals surface area contributed by atoms with Gasteiger partial charge in [-0.15, -0.1) is 10.2 Å². The summed E-state index contributed by atoms with van der Waals surface area (Å²) >= 11 is 12.7. The van der Waals surface area contributed by atoms with E-state index in [1.54, 1.807) is 58.9 Å². The Hall–Kier alpha value is -2.91. The quantitative estimate of drug-likeness (QED) is 0.515. The Morgan fingerprint density at radius 2 is 1.78 bits per heavy atom. The number of amides is 2. The number of hydrogen-bond donors (Lipinski definition) is 1. The zero-order valence-corrected chi connectivity index (χ0v) is 22.8. The Labute approximate surface area is 221 Å². The van der Waals surface area contributed by atoms with Gasteiger partial charge in [0.15, 0.2) is 5.82 Å². The van der Waals surface area contributed by atoms with Gasteiger partial charge in [-0.05, 0) is 57.5 Å². The van der Waals surface area contributed by atoms with E-state index in [-0.39, 0.29) is 42.5 Å². The number of nitrogens with one attached hydrogen (secondary N) is 1. The van der Waals surface area contributed by atoms with E-state index in [1.807, 2.05) is 11.8 Å². The summed E-state index contributed by atoms with van der Waals surface area (Å²) in [5.41, 5.74) is 0.672. The predicted octanol–water partition coefficient (Wildman–Crippen LogP) is 5.06. The highest BCUT2D eigenvalue weighted by atomic mass is 35.5. The summed E-state index contributed by atoms with van der Waals surface area (Å²) in [5.74, 6) is -0.629. The number of benzene rings is 1. The van der Waals surface area contributed by atoms with Crippen LogP contribution in [0, 0.1) is 5.92 Å². The lowest BCUT2D eigenvalue weighted by Gasteiger charge is -2.40. The van der Waals surface area contributed by atoms with E-state index >= 15 is 0 Å². The minimum absolute atomic E-state index is 0.0678. The van der Waals surface area contributed by atoms with Crippen molar-refractivity contribution in [2.24, 2.45) is 5.92 Å². The number of aromatic nitrogens is 2. The van der Waals surface area contributed by atoms with Crippen molar-refractivity contribution >= 4 is 52.5 Å². The van der Waals surface area contributed by atoms with Gasteiger partial charge in [0.05, 0.1) is 18.3 Å². The first-order valence-electron chi connectivity index (χ1n) is 11.7. The van der Waals surface area contributed by atoms with Crippen molar-refractivity contribution in [1.29, 1.82) is 0 Å². The van der Waals surface area contributed by atoms with Crippen LogP contribution >= 0.6 is 23.2 Å². The molecule has 0 spiro atoms. The highest BCUT2D eigenvalue weighted by Gasteiger charge is 2.35. The molecule has 11 heteroatoms. The highest BCUT2D eigenvalue weighted by Crippen LogP contribution is 2.39. The number of rotatable bonds is 6. The number of ketones is 1. The molecule has 0 fully saturated rings. The molecule has 2 heterocycles. The second-order valence-electron chi connectivity index (χ2n) is 9.90. The minimum Gasteiger partial charge on any atom is -0.443 e. The van der Waals surface area contributed by atoms with E-state index in [1.165, 1.54) is 4.90 Å². The van der Waals surface area contributed by atoms with Crippen molar-refractivity contribution in [2.45, 2.75) is 53.2 Å². The number of anilines is 2. The van der Waals surface area contributed by atoms with Gasteiger partial charge in [-0.25, -0.2) is 4.79 Å². The van der Waals surface area contributed by atoms with Crippen LogP contribution in [0.4, 0.5) is 16.3 Å². The molecule has 1 N–H and O–H groups in total. The van der Waals surface area contributed by atoms with Crippen molar-refractivity contribution in [3.8, 4) is 0 Å². The summed E-state index contributed by atoms with van der Waals surface area (Å²) in [7, 11) is 0. The molecule has 0 saturated carbocycles. The third-order valence-corrected chi connectivity index (χ3v) is 6.19. The SMILES string of the molecule is CC(C)C(=O)NCC(=O)c1cc2c(nn1)N(C(=O)OC(C)(C)C)CCN2C(C)c1cc(Cl)ccc1Cl. The van der Waals surface area contributed by atoms with Gasteiger partial charge in [0.25, 0.3) is 0 Å². The average Bonchev–Trinajstić information content (AvgIpc) is 2.81. The van der Waals surface area contributed by atoms with E-state index in [0.717, 1.165) is 5.56 Å². The van der Waals surface area contributed by atoms with Gasteiger partial charge in [0, 0.05) is 29.1 Å². The zero-order valence-electron chi connectivity index (χ0n) is 21.3. The molecule has 3 rings (SSSR count). The molecule has 1 aliphatic rings. The molecule has 1 aromatic carbocycles. The summed E-state index contributed by atoms with van der Waals surface area (Å²) in [5, 5.41) is 12.0. The maximum absolute atomic E-state index is 12.9. The minimum atomic E-state index is -0.700. The van der Waals surface area contributed by atoms with Gasteiger partial charge in [-0.3, -0.25) is 14.5 Å². The molecule has 194 valence electrons. The molecule has 0 bridgehead atoms. The summed E-state index contributed by atoms with van der Waals surface area (Å²) in [6.07, 6.45) is -0.561. The number of nitrogens with zero attached hydrogens (tertiary/aromatic N) is 4. The summed E-state index contributed by atoms with van der Waals surface area (Å²) in [4.78, 5) is 41.1. The van der Waals surface area contributed by atoms with Crippen molar-refractivity contribution in [3.63, 3.8) is 0 Å². The van der Waals surface area contributed by atoms with Gasteiger partial charge in [0.2, 0.25) is 11.7 Å². The van der Waals surface area contributed by atoms with E-state index in [9.17, 15) is 14.4 Å². The van der Waals surface area contributed by atoms with Crippen LogP contribution in [0.15, 0.2) is 24.3 Å². The first-order chi connectivity index (χ1) is 16.8. The predicted molar refractivity (Wildman–Crippen MR) is 140 cm³/mol. The standard InChI is InChI=1S/C25H31Cl2N5O4/c1-14(2)23(34)28-13-21(33)19-12-20-22(30-29-19)32(24(35)36-25(4,5)6)10-9-31(20)15(3)17-11-16(26)7-8-18(17)27/h7-8,11-12,14-15H,9-10,13H2,1-6H3,(H,28,34). The van der Waals surface area contributed by atoms with Gasteiger partial charge in [0.1, 0.15) is 11.3 Å². The molecular weight excluding hydrogens is 505 g/mol.